The van der Waals surface area contributed by atoms with Crippen molar-refractivity contribution in [2.45, 2.75) is 348 Å². The van der Waals surface area contributed by atoms with E-state index in [1.165, 1.54) is 135 Å². The molecule has 0 amide bonds. The summed E-state index contributed by atoms with van der Waals surface area (Å²) < 4.78 is 67.7. The molecule has 0 aromatic rings. The van der Waals surface area contributed by atoms with E-state index in [0.29, 0.717) is 25.7 Å². The summed E-state index contributed by atoms with van der Waals surface area (Å²) in [7, 11) is -9.87. The third-order valence-corrected chi connectivity index (χ3v) is 16.9. The highest BCUT2D eigenvalue weighted by Gasteiger charge is 2.30. The van der Waals surface area contributed by atoms with Gasteiger partial charge in [0.25, 0.3) is 0 Å². The highest BCUT2D eigenvalue weighted by atomic mass is 31.2. The van der Waals surface area contributed by atoms with Crippen LogP contribution in [0.3, 0.4) is 0 Å². The van der Waals surface area contributed by atoms with Crippen molar-refractivity contribution in [3.63, 3.8) is 0 Å². The molecule has 17 nitrogen and oxygen atoms in total. The minimum atomic E-state index is -4.94. The summed E-state index contributed by atoms with van der Waals surface area (Å²) in [5, 5.41) is 10.5. The zero-order chi connectivity index (χ0) is 62.0. The van der Waals surface area contributed by atoms with Gasteiger partial charge in [0.15, 0.2) is 12.2 Å². The van der Waals surface area contributed by atoms with Crippen LogP contribution in [0.15, 0.2) is 0 Å². The molecule has 0 radical (unpaired) electrons. The van der Waals surface area contributed by atoms with Crippen LogP contribution in [0.4, 0.5) is 0 Å². The fourth-order valence-corrected chi connectivity index (χ4v) is 11.3. The number of rotatable bonds is 65. The van der Waals surface area contributed by atoms with Crippen LogP contribution in [0.2, 0.25) is 0 Å². The maximum absolute atomic E-state index is 13.0. The zero-order valence-corrected chi connectivity index (χ0v) is 55.8. The molecule has 0 aliphatic carbocycles. The van der Waals surface area contributed by atoms with E-state index in [1.807, 2.05) is 0 Å². The van der Waals surface area contributed by atoms with Crippen molar-refractivity contribution < 1.29 is 80.2 Å². The van der Waals surface area contributed by atoms with E-state index in [-0.39, 0.29) is 25.7 Å². The Bertz CT molecular complexity index is 1640. The Morgan fingerprint density at radius 1 is 0.321 bits per heavy atom. The number of aliphatic hydroxyl groups excluding tert-OH is 1. The van der Waals surface area contributed by atoms with E-state index >= 15 is 0 Å². The van der Waals surface area contributed by atoms with Crippen LogP contribution in [-0.4, -0.2) is 96.7 Å². The summed E-state index contributed by atoms with van der Waals surface area (Å²) >= 11 is 0. The van der Waals surface area contributed by atoms with Crippen molar-refractivity contribution in [1.82, 2.24) is 0 Å². The van der Waals surface area contributed by atoms with Gasteiger partial charge in [-0.15, -0.1) is 0 Å². The molecule has 0 heterocycles. The van der Waals surface area contributed by atoms with Gasteiger partial charge >= 0.3 is 39.5 Å². The molecule has 0 aromatic carbocycles. The molecule has 5 atom stereocenters. The van der Waals surface area contributed by atoms with E-state index in [9.17, 15) is 43.2 Å². The van der Waals surface area contributed by atoms with Crippen molar-refractivity contribution >= 4 is 39.5 Å². The van der Waals surface area contributed by atoms with Crippen molar-refractivity contribution in [1.29, 1.82) is 0 Å². The van der Waals surface area contributed by atoms with Crippen molar-refractivity contribution in [3.05, 3.63) is 0 Å². The minimum absolute atomic E-state index is 0.103. The summed E-state index contributed by atoms with van der Waals surface area (Å²) in [5.41, 5.74) is 0. The molecule has 84 heavy (non-hydrogen) atoms. The number of esters is 4. The monoisotopic (exact) mass is 1240 g/mol. The number of aliphatic hydroxyl groups is 1. The summed E-state index contributed by atoms with van der Waals surface area (Å²) in [4.78, 5) is 71.9. The SMILES string of the molecule is CCCCCCCCCCCCCCCCCCCCC(=O)O[C@H](COC(=O)CCCCCCCCCCCCCC(C)C)COP(=O)(O)OC[C@@H](O)COP(=O)(O)OC[C@@H](COC(=O)CCCCCCC)OC(=O)CCCCCCCCC. The van der Waals surface area contributed by atoms with E-state index in [0.717, 1.165) is 115 Å². The smallest absolute Gasteiger partial charge is 0.462 e. The first kappa shape index (κ1) is 82.1. The highest BCUT2D eigenvalue weighted by molar-refractivity contribution is 7.47. The van der Waals surface area contributed by atoms with Crippen molar-refractivity contribution in [2.24, 2.45) is 5.92 Å². The molecular formula is C65H126O17P2. The van der Waals surface area contributed by atoms with E-state index in [1.54, 1.807) is 0 Å². The molecule has 2 unspecified atom stereocenters. The molecule has 0 bridgehead atoms. The van der Waals surface area contributed by atoms with Gasteiger partial charge in [-0.3, -0.25) is 37.3 Å². The Morgan fingerprint density at radius 3 is 0.810 bits per heavy atom. The molecule has 0 aliphatic heterocycles. The fraction of sp³-hybridized carbons (Fsp3) is 0.938. The lowest BCUT2D eigenvalue weighted by molar-refractivity contribution is -0.161. The lowest BCUT2D eigenvalue weighted by atomic mass is 10.0. The Hall–Kier alpha value is -1.94. The van der Waals surface area contributed by atoms with Gasteiger partial charge in [0.05, 0.1) is 26.4 Å². The average molecular weight is 1240 g/mol. The second-order valence-electron chi connectivity index (χ2n) is 24.0. The summed E-state index contributed by atoms with van der Waals surface area (Å²) in [6, 6.07) is 0. The molecule has 498 valence electrons. The Kier molecular flexibility index (Phi) is 57.4. The van der Waals surface area contributed by atoms with E-state index < -0.39 is 97.5 Å². The highest BCUT2D eigenvalue weighted by Crippen LogP contribution is 2.45. The Labute approximate surface area is 511 Å². The van der Waals surface area contributed by atoms with Gasteiger partial charge in [0.1, 0.15) is 19.3 Å². The molecule has 0 rings (SSSR count). The van der Waals surface area contributed by atoms with E-state index in [4.69, 9.17) is 37.0 Å². The third kappa shape index (κ3) is 59.0. The predicted molar refractivity (Wildman–Crippen MR) is 335 cm³/mol. The predicted octanol–water partition coefficient (Wildman–Crippen LogP) is 18.2. The van der Waals surface area contributed by atoms with Crippen LogP contribution >= 0.6 is 15.6 Å². The Morgan fingerprint density at radius 2 is 0.548 bits per heavy atom. The number of hydrogen-bond acceptors (Lipinski definition) is 15. The van der Waals surface area contributed by atoms with Gasteiger partial charge in [-0.05, 0) is 31.6 Å². The van der Waals surface area contributed by atoms with Gasteiger partial charge in [0, 0.05) is 25.7 Å². The number of carbonyl (C=O) groups is 4. The zero-order valence-electron chi connectivity index (χ0n) is 54.0. The van der Waals surface area contributed by atoms with Crippen LogP contribution in [0.25, 0.3) is 0 Å². The molecule has 0 saturated carbocycles. The quantitative estimate of drug-likeness (QED) is 0.0222. The lowest BCUT2D eigenvalue weighted by Gasteiger charge is -2.21. The van der Waals surface area contributed by atoms with Gasteiger partial charge in [0.2, 0.25) is 0 Å². The molecular weight excluding hydrogens is 1110 g/mol. The van der Waals surface area contributed by atoms with Gasteiger partial charge in [-0.25, -0.2) is 9.13 Å². The fourth-order valence-electron chi connectivity index (χ4n) is 9.76. The number of carbonyl (C=O) groups excluding carboxylic acids is 4. The first-order chi connectivity index (χ1) is 40.5. The van der Waals surface area contributed by atoms with Gasteiger partial charge < -0.3 is 33.8 Å². The topological polar surface area (TPSA) is 237 Å². The molecule has 0 aliphatic rings. The third-order valence-electron chi connectivity index (χ3n) is 15.0. The molecule has 0 aromatic heterocycles. The number of ether oxygens (including phenoxy) is 4. The lowest BCUT2D eigenvalue weighted by Crippen LogP contribution is -2.30. The Balaban J connectivity index is 5.12. The summed E-state index contributed by atoms with van der Waals surface area (Å²) in [6.45, 7) is 7.08. The summed E-state index contributed by atoms with van der Waals surface area (Å²) in [6.07, 6.45) is 43.7. The standard InChI is InChI=1S/C65H126O17P2/c1-6-9-12-15-17-18-19-20-21-22-23-24-25-28-32-36-41-46-51-65(70)82-61(55-76-63(68)49-44-39-35-31-29-26-27-30-34-38-42-47-58(4)5)57-80-84(73,74)78-53-59(66)52-77-83(71,72)79-56-60(54-75-62(67)48-43-37-14-11-8-3)81-64(69)50-45-40-33-16-13-10-7-2/h58-61,66H,6-57H2,1-5H3,(H,71,72)(H,73,74)/t59-,60+,61+/m0/s1. The molecule has 0 spiro atoms. The minimum Gasteiger partial charge on any atom is -0.462 e. The van der Waals surface area contributed by atoms with Crippen LogP contribution in [-0.2, 0) is 65.4 Å². The second kappa shape index (κ2) is 58.7. The molecule has 19 heteroatoms. The normalized spacial score (nSPS) is 14.2. The van der Waals surface area contributed by atoms with Crippen LogP contribution in [0.5, 0.6) is 0 Å². The summed E-state index contributed by atoms with van der Waals surface area (Å²) in [5.74, 6) is -1.37. The van der Waals surface area contributed by atoms with Crippen molar-refractivity contribution in [3.8, 4) is 0 Å². The van der Waals surface area contributed by atoms with Crippen LogP contribution in [0, 0.1) is 5.92 Å². The number of phosphoric ester groups is 2. The second-order valence-corrected chi connectivity index (χ2v) is 26.9. The first-order valence-electron chi connectivity index (χ1n) is 34.1. The average Bonchev–Trinajstić information content (AvgIpc) is 3.60. The number of unbranched alkanes of at least 4 members (excludes halogenated alkanes) is 37. The molecule has 0 saturated heterocycles. The maximum Gasteiger partial charge on any atom is 0.472 e. The van der Waals surface area contributed by atoms with Crippen LogP contribution in [0.1, 0.15) is 330 Å². The number of phosphoric acid groups is 2. The first-order valence-corrected chi connectivity index (χ1v) is 37.1. The largest absolute Gasteiger partial charge is 0.472 e. The number of hydrogen-bond donors (Lipinski definition) is 3. The van der Waals surface area contributed by atoms with Gasteiger partial charge in [-0.1, -0.05) is 279 Å². The van der Waals surface area contributed by atoms with Gasteiger partial charge in [-0.2, -0.15) is 0 Å². The maximum atomic E-state index is 13.0. The van der Waals surface area contributed by atoms with Crippen molar-refractivity contribution in [2.75, 3.05) is 39.6 Å². The van der Waals surface area contributed by atoms with Crippen LogP contribution < -0.4 is 0 Å². The van der Waals surface area contributed by atoms with E-state index in [2.05, 4.69) is 34.6 Å². The molecule has 3 N–H and O–H groups in total. The molecule has 0 fully saturated rings.